The van der Waals surface area contributed by atoms with Crippen LogP contribution in [0, 0.1) is 0 Å². The number of hydrogen-bond acceptors (Lipinski definition) is 7. The van der Waals surface area contributed by atoms with Gasteiger partial charge in [-0.25, -0.2) is 4.68 Å². The molecule has 0 unspecified atom stereocenters. The molecule has 1 amide bonds. The van der Waals surface area contributed by atoms with Gasteiger partial charge in [0.05, 0.1) is 5.75 Å². The van der Waals surface area contributed by atoms with Crippen molar-refractivity contribution in [3.05, 3.63) is 52.5 Å². The highest BCUT2D eigenvalue weighted by Crippen LogP contribution is 2.31. The van der Waals surface area contributed by atoms with Crippen LogP contribution >= 0.6 is 27.7 Å². The molecule has 1 aliphatic rings. The van der Waals surface area contributed by atoms with Gasteiger partial charge < -0.3 is 20.6 Å². The molecule has 0 atom stereocenters. The Kier molecular flexibility index (Phi) is 6.44. The number of carbonyl (C=O) groups is 1. The summed E-state index contributed by atoms with van der Waals surface area (Å²) in [5.41, 5.74) is 1.91. The molecule has 0 bridgehead atoms. The van der Waals surface area contributed by atoms with E-state index in [0.717, 1.165) is 27.1 Å². The van der Waals surface area contributed by atoms with E-state index in [9.17, 15) is 4.79 Å². The topological polar surface area (TPSA) is 104 Å². The molecule has 0 aliphatic carbocycles. The maximum Gasteiger partial charge on any atom is 0.230 e. The average Bonchev–Trinajstić information content (AvgIpc) is 3.12. The van der Waals surface area contributed by atoms with E-state index in [1.165, 1.54) is 16.4 Å². The van der Waals surface area contributed by atoms with Crippen molar-refractivity contribution >= 4 is 33.6 Å². The Morgan fingerprint density at radius 2 is 1.97 bits per heavy atom. The van der Waals surface area contributed by atoms with Gasteiger partial charge in [-0.05, 0) is 36.2 Å². The van der Waals surface area contributed by atoms with Crippen LogP contribution in [0.5, 0.6) is 11.5 Å². The first kappa shape index (κ1) is 20.5. The number of thioether (sulfide) groups is 1. The summed E-state index contributed by atoms with van der Waals surface area (Å²) in [5, 5.41) is 11.6. The summed E-state index contributed by atoms with van der Waals surface area (Å²) in [6, 6.07) is 13.5. The summed E-state index contributed by atoms with van der Waals surface area (Å²) in [4.78, 5) is 12.2. The summed E-state index contributed by atoms with van der Waals surface area (Å²) >= 11 is 4.73. The number of nitrogen functional groups attached to an aromatic ring is 1. The third-order valence-corrected chi connectivity index (χ3v) is 6.09. The number of halogens is 1. The Morgan fingerprint density at radius 1 is 1.17 bits per heavy atom. The Bertz CT molecular complexity index is 1060. The number of hydrogen-bond donors (Lipinski definition) is 2. The molecule has 10 heteroatoms. The predicted octanol–water partition coefficient (Wildman–Crippen LogP) is 2.64. The maximum absolute atomic E-state index is 12.2. The number of nitrogens with zero attached hydrogens (tertiary/aromatic N) is 3. The van der Waals surface area contributed by atoms with Gasteiger partial charge in [0.25, 0.3) is 0 Å². The van der Waals surface area contributed by atoms with Gasteiger partial charge in [-0.15, -0.1) is 10.2 Å². The highest BCUT2D eigenvalue weighted by Gasteiger charge is 2.16. The van der Waals surface area contributed by atoms with E-state index in [2.05, 4.69) is 31.4 Å². The third-order valence-electron chi connectivity index (χ3n) is 4.45. The second-order valence-electron chi connectivity index (χ2n) is 6.52. The standard InChI is InChI=1S/C20H20BrN5O3S/c21-15-4-2-1-3-14(15)19-24-25-20(26(19)22)30-12-18(27)23-8-7-13-5-6-16-17(11-13)29-10-9-28-16/h1-6,11H,7-10,12,22H2,(H,23,27). The molecule has 2 aromatic carbocycles. The molecule has 0 fully saturated rings. The van der Waals surface area contributed by atoms with Crippen LogP contribution in [0.25, 0.3) is 11.4 Å². The Balaban J connectivity index is 1.27. The van der Waals surface area contributed by atoms with Gasteiger partial charge in [0.15, 0.2) is 17.3 Å². The monoisotopic (exact) mass is 489 g/mol. The SMILES string of the molecule is Nn1c(SCC(=O)NCCc2ccc3c(c2)OCCO3)nnc1-c1ccccc1Br. The van der Waals surface area contributed by atoms with Crippen LogP contribution in [0.4, 0.5) is 0 Å². The van der Waals surface area contributed by atoms with Crippen molar-refractivity contribution in [3.63, 3.8) is 0 Å². The zero-order valence-electron chi connectivity index (χ0n) is 16.0. The molecule has 0 saturated heterocycles. The van der Waals surface area contributed by atoms with Crippen molar-refractivity contribution in [2.24, 2.45) is 0 Å². The van der Waals surface area contributed by atoms with Crippen LogP contribution in [0.1, 0.15) is 5.56 Å². The summed E-state index contributed by atoms with van der Waals surface area (Å²) in [6.45, 7) is 1.65. The number of nitrogens with one attached hydrogen (secondary N) is 1. The van der Waals surface area contributed by atoms with Crippen molar-refractivity contribution in [2.45, 2.75) is 11.6 Å². The Morgan fingerprint density at radius 3 is 2.80 bits per heavy atom. The summed E-state index contributed by atoms with van der Waals surface area (Å²) in [7, 11) is 0. The summed E-state index contributed by atoms with van der Waals surface area (Å²) in [6.07, 6.45) is 0.701. The molecule has 0 saturated carbocycles. The lowest BCUT2D eigenvalue weighted by Gasteiger charge is -2.18. The lowest BCUT2D eigenvalue weighted by atomic mass is 10.1. The van der Waals surface area contributed by atoms with E-state index < -0.39 is 0 Å². The van der Waals surface area contributed by atoms with Gasteiger partial charge in [0.1, 0.15) is 13.2 Å². The van der Waals surface area contributed by atoms with Gasteiger partial charge in [0.2, 0.25) is 11.1 Å². The number of carbonyl (C=O) groups excluding carboxylic acids is 1. The van der Waals surface area contributed by atoms with Crippen molar-refractivity contribution < 1.29 is 14.3 Å². The van der Waals surface area contributed by atoms with Crippen molar-refractivity contribution in [1.29, 1.82) is 0 Å². The number of amides is 1. The third kappa shape index (κ3) is 4.71. The summed E-state index contributed by atoms with van der Waals surface area (Å²) < 4.78 is 13.4. The Hall–Kier alpha value is -2.72. The van der Waals surface area contributed by atoms with Crippen molar-refractivity contribution in [3.8, 4) is 22.9 Å². The number of fused-ring (bicyclic) bond motifs is 1. The van der Waals surface area contributed by atoms with Crippen molar-refractivity contribution in [1.82, 2.24) is 20.2 Å². The largest absolute Gasteiger partial charge is 0.486 e. The first-order valence-electron chi connectivity index (χ1n) is 9.35. The molecule has 2 heterocycles. The molecule has 3 aromatic rings. The maximum atomic E-state index is 12.2. The van der Waals surface area contributed by atoms with Crippen LogP contribution < -0.4 is 20.6 Å². The average molecular weight is 490 g/mol. The zero-order chi connectivity index (χ0) is 20.9. The predicted molar refractivity (Wildman–Crippen MR) is 118 cm³/mol. The van der Waals surface area contributed by atoms with Crippen LogP contribution in [-0.2, 0) is 11.2 Å². The van der Waals surface area contributed by atoms with E-state index in [1.54, 1.807) is 0 Å². The fourth-order valence-corrected chi connectivity index (χ4v) is 4.12. The number of benzene rings is 2. The van der Waals surface area contributed by atoms with Gasteiger partial charge in [0, 0.05) is 16.6 Å². The van der Waals surface area contributed by atoms with Gasteiger partial charge in [-0.2, -0.15) is 0 Å². The number of rotatable bonds is 7. The molecule has 3 N–H and O–H groups in total. The molecular formula is C20H20BrN5O3S. The van der Waals surface area contributed by atoms with E-state index >= 15 is 0 Å². The van der Waals surface area contributed by atoms with Crippen LogP contribution in [-0.4, -0.2) is 46.3 Å². The lowest BCUT2D eigenvalue weighted by Crippen LogP contribution is -2.27. The smallest absolute Gasteiger partial charge is 0.230 e. The van der Waals surface area contributed by atoms with E-state index in [0.29, 0.717) is 37.2 Å². The molecule has 4 rings (SSSR count). The van der Waals surface area contributed by atoms with Crippen LogP contribution in [0.15, 0.2) is 52.1 Å². The second-order valence-corrected chi connectivity index (χ2v) is 8.32. The van der Waals surface area contributed by atoms with E-state index in [-0.39, 0.29) is 11.7 Å². The molecule has 156 valence electrons. The zero-order valence-corrected chi connectivity index (χ0v) is 18.4. The van der Waals surface area contributed by atoms with E-state index in [4.69, 9.17) is 15.3 Å². The Labute approximate surface area is 186 Å². The lowest BCUT2D eigenvalue weighted by molar-refractivity contribution is -0.118. The fraction of sp³-hybridized carbons (Fsp3) is 0.250. The molecular weight excluding hydrogens is 470 g/mol. The molecule has 0 spiro atoms. The fourth-order valence-electron chi connectivity index (χ4n) is 2.97. The molecule has 30 heavy (non-hydrogen) atoms. The normalized spacial score (nSPS) is 12.6. The first-order valence-corrected chi connectivity index (χ1v) is 11.1. The highest BCUT2D eigenvalue weighted by molar-refractivity contribution is 9.10. The van der Waals surface area contributed by atoms with Gasteiger partial charge >= 0.3 is 0 Å². The number of aromatic nitrogens is 3. The minimum atomic E-state index is -0.0945. The second kappa shape index (κ2) is 9.40. The first-order chi connectivity index (χ1) is 14.6. The number of nitrogens with two attached hydrogens (primary N) is 1. The molecule has 8 nitrogen and oxygen atoms in total. The molecule has 1 aliphatic heterocycles. The summed E-state index contributed by atoms with van der Waals surface area (Å²) in [5.74, 6) is 8.27. The molecule has 1 aromatic heterocycles. The van der Waals surface area contributed by atoms with Crippen LogP contribution in [0.2, 0.25) is 0 Å². The molecule has 0 radical (unpaired) electrons. The van der Waals surface area contributed by atoms with Gasteiger partial charge in [-0.3, -0.25) is 4.79 Å². The van der Waals surface area contributed by atoms with Crippen LogP contribution in [0.3, 0.4) is 0 Å². The quantitative estimate of drug-likeness (QED) is 0.388. The minimum absolute atomic E-state index is 0.0945. The highest BCUT2D eigenvalue weighted by atomic mass is 79.9. The van der Waals surface area contributed by atoms with E-state index in [1.807, 2.05) is 42.5 Å². The number of ether oxygens (including phenoxy) is 2. The minimum Gasteiger partial charge on any atom is -0.486 e. The van der Waals surface area contributed by atoms with Crippen molar-refractivity contribution in [2.75, 3.05) is 31.4 Å². The van der Waals surface area contributed by atoms with Gasteiger partial charge in [-0.1, -0.05) is 45.9 Å².